The molecule has 2 aromatic carbocycles. The van der Waals surface area contributed by atoms with Gasteiger partial charge in [-0.3, -0.25) is 9.69 Å². The molecule has 1 amide bonds. The molecule has 1 atom stereocenters. The Bertz CT molecular complexity index is 755. The summed E-state index contributed by atoms with van der Waals surface area (Å²) in [6.07, 6.45) is -0.0223. The lowest BCUT2D eigenvalue weighted by Gasteiger charge is -2.32. The van der Waals surface area contributed by atoms with Crippen LogP contribution in [0.25, 0.3) is 0 Å². The summed E-state index contributed by atoms with van der Waals surface area (Å²) in [5, 5.41) is 3.38. The summed E-state index contributed by atoms with van der Waals surface area (Å²) in [7, 11) is 0. The number of halogens is 3. The van der Waals surface area contributed by atoms with E-state index in [9.17, 15) is 4.79 Å². The van der Waals surface area contributed by atoms with Gasteiger partial charge in [0.2, 0.25) is 5.91 Å². The summed E-state index contributed by atoms with van der Waals surface area (Å²) in [6, 6.07) is 13.5. The third-order valence-corrected chi connectivity index (χ3v) is 5.30. The summed E-state index contributed by atoms with van der Waals surface area (Å²) in [6.45, 7) is 2.33. The van der Waals surface area contributed by atoms with E-state index in [0.29, 0.717) is 30.4 Å². The van der Waals surface area contributed by atoms with Gasteiger partial charge < -0.3 is 10.1 Å². The lowest BCUT2D eigenvalue weighted by molar-refractivity contribution is -0.119. The van der Waals surface area contributed by atoms with E-state index >= 15 is 0 Å². The molecular formula is C18H17Br2ClN2O2. The fourth-order valence-corrected chi connectivity index (χ4v) is 3.69. The van der Waals surface area contributed by atoms with E-state index < -0.39 is 0 Å². The van der Waals surface area contributed by atoms with Crippen molar-refractivity contribution in [2.24, 2.45) is 0 Å². The zero-order valence-electron chi connectivity index (χ0n) is 13.3. The van der Waals surface area contributed by atoms with Crippen LogP contribution in [0.3, 0.4) is 0 Å². The zero-order valence-corrected chi connectivity index (χ0v) is 17.3. The maximum Gasteiger partial charge on any atom is 0.238 e. The van der Waals surface area contributed by atoms with Crippen molar-refractivity contribution in [2.45, 2.75) is 6.10 Å². The minimum atomic E-state index is -0.0827. The summed E-state index contributed by atoms with van der Waals surface area (Å²) >= 11 is 12.9. The average Bonchev–Trinajstić information content (AvgIpc) is 2.58. The van der Waals surface area contributed by atoms with Crippen molar-refractivity contribution in [2.75, 3.05) is 31.6 Å². The number of nitrogens with zero attached hydrogens (tertiary/aromatic N) is 1. The molecule has 1 heterocycles. The molecular weight excluding hydrogens is 471 g/mol. The van der Waals surface area contributed by atoms with E-state index in [1.54, 1.807) is 12.1 Å². The van der Waals surface area contributed by atoms with Gasteiger partial charge in [-0.05, 0) is 35.9 Å². The number of benzene rings is 2. The topological polar surface area (TPSA) is 41.6 Å². The normalized spacial score (nSPS) is 18.1. The van der Waals surface area contributed by atoms with Gasteiger partial charge in [0.15, 0.2) is 0 Å². The standard InChI is InChI=1S/C18H17Br2ClN2O2/c19-13-3-1-12(2-4-13)17-10-23(7-8-25-17)11-18(24)22-16-6-5-14(20)9-15(16)21/h1-6,9,17H,7-8,10-11H2,(H,22,24). The highest BCUT2D eigenvalue weighted by Crippen LogP contribution is 2.26. The Labute approximate surface area is 168 Å². The van der Waals surface area contributed by atoms with Crippen molar-refractivity contribution in [1.29, 1.82) is 0 Å². The van der Waals surface area contributed by atoms with E-state index in [4.69, 9.17) is 16.3 Å². The van der Waals surface area contributed by atoms with E-state index in [2.05, 4.69) is 42.1 Å². The van der Waals surface area contributed by atoms with E-state index in [0.717, 1.165) is 21.1 Å². The van der Waals surface area contributed by atoms with Crippen molar-refractivity contribution in [1.82, 2.24) is 4.90 Å². The third-order valence-electron chi connectivity index (χ3n) is 3.96. The highest BCUT2D eigenvalue weighted by molar-refractivity contribution is 9.10. The Balaban J connectivity index is 1.58. The molecule has 0 spiro atoms. The van der Waals surface area contributed by atoms with Gasteiger partial charge in [0.05, 0.1) is 30.0 Å². The Morgan fingerprint density at radius 1 is 1.20 bits per heavy atom. The van der Waals surface area contributed by atoms with Crippen LogP contribution in [-0.4, -0.2) is 37.0 Å². The largest absolute Gasteiger partial charge is 0.371 e. The van der Waals surface area contributed by atoms with Crippen LogP contribution in [0, 0.1) is 0 Å². The van der Waals surface area contributed by atoms with Crippen LogP contribution in [0.5, 0.6) is 0 Å². The monoisotopic (exact) mass is 486 g/mol. The van der Waals surface area contributed by atoms with Gasteiger partial charge in [0.1, 0.15) is 0 Å². The molecule has 25 heavy (non-hydrogen) atoms. The molecule has 1 fully saturated rings. The second-order valence-corrected chi connectivity index (χ2v) is 8.06. The SMILES string of the molecule is O=C(CN1CCOC(c2ccc(Br)cc2)C1)Nc1ccc(Br)cc1Cl. The molecule has 0 bridgehead atoms. The molecule has 1 N–H and O–H groups in total. The molecule has 1 saturated heterocycles. The molecule has 1 unspecified atom stereocenters. The smallest absolute Gasteiger partial charge is 0.238 e. The number of ether oxygens (including phenoxy) is 1. The molecule has 1 aliphatic rings. The second-order valence-electron chi connectivity index (χ2n) is 5.82. The summed E-state index contributed by atoms with van der Waals surface area (Å²) in [5.74, 6) is -0.0827. The highest BCUT2D eigenvalue weighted by atomic mass is 79.9. The fourth-order valence-electron chi connectivity index (χ4n) is 2.71. The Morgan fingerprint density at radius 2 is 1.92 bits per heavy atom. The Morgan fingerprint density at radius 3 is 2.64 bits per heavy atom. The molecule has 1 aliphatic heterocycles. The number of rotatable bonds is 4. The molecule has 2 aromatic rings. The zero-order chi connectivity index (χ0) is 17.8. The number of amides is 1. The summed E-state index contributed by atoms with van der Waals surface area (Å²) < 4.78 is 7.76. The maximum atomic E-state index is 12.3. The molecule has 7 heteroatoms. The first-order valence-electron chi connectivity index (χ1n) is 7.85. The molecule has 4 nitrogen and oxygen atoms in total. The van der Waals surface area contributed by atoms with Crippen LogP contribution in [-0.2, 0) is 9.53 Å². The second kappa shape index (κ2) is 8.64. The summed E-state index contributed by atoms with van der Waals surface area (Å²) in [5.41, 5.74) is 1.73. The maximum absolute atomic E-state index is 12.3. The van der Waals surface area contributed by atoms with Crippen LogP contribution in [0.15, 0.2) is 51.4 Å². The number of anilines is 1. The third kappa shape index (κ3) is 5.28. The number of nitrogens with one attached hydrogen (secondary N) is 1. The van der Waals surface area contributed by atoms with E-state index in [1.807, 2.05) is 30.3 Å². The average molecular weight is 489 g/mol. The first-order chi connectivity index (χ1) is 12.0. The van der Waals surface area contributed by atoms with Crippen molar-refractivity contribution in [3.05, 3.63) is 62.0 Å². The van der Waals surface area contributed by atoms with Gasteiger partial charge in [-0.1, -0.05) is 55.6 Å². The minimum Gasteiger partial charge on any atom is -0.371 e. The van der Waals surface area contributed by atoms with Crippen molar-refractivity contribution >= 4 is 55.1 Å². The van der Waals surface area contributed by atoms with Gasteiger partial charge in [-0.2, -0.15) is 0 Å². The lowest BCUT2D eigenvalue weighted by Crippen LogP contribution is -2.42. The van der Waals surface area contributed by atoms with Crippen molar-refractivity contribution < 1.29 is 9.53 Å². The van der Waals surface area contributed by atoms with Crippen LogP contribution in [0.1, 0.15) is 11.7 Å². The van der Waals surface area contributed by atoms with Gasteiger partial charge >= 0.3 is 0 Å². The number of carbonyl (C=O) groups is 1. The quantitative estimate of drug-likeness (QED) is 0.667. The van der Waals surface area contributed by atoms with Gasteiger partial charge in [0, 0.05) is 22.0 Å². The Kier molecular flexibility index (Phi) is 6.52. The number of carbonyl (C=O) groups excluding carboxylic acids is 1. The Hall–Kier alpha value is -0.920. The van der Waals surface area contributed by atoms with E-state index in [1.165, 1.54) is 0 Å². The molecule has 0 radical (unpaired) electrons. The first-order valence-corrected chi connectivity index (χ1v) is 9.82. The number of morpholine rings is 1. The van der Waals surface area contributed by atoms with E-state index in [-0.39, 0.29) is 12.0 Å². The van der Waals surface area contributed by atoms with Gasteiger partial charge in [-0.25, -0.2) is 0 Å². The molecule has 0 aromatic heterocycles. The van der Waals surface area contributed by atoms with Crippen molar-refractivity contribution in [3.63, 3.8) is 0 Å². The van der Waals surface area contributed by atoms with Crippen LogP contribution in [0.2, 0.25) is 5.02 Å². The van der Waals surface area contributed by atoms with Gasteiger partial charge in [0.25, 0.3) is 0 Å². The predicted octanol–water partition coefficient (Wildman–Crippen LogP) is 4.88. The first kappa shape index (κ1) is 18.9. The fraction of sp³-hybridized carbons (Fsp3) is 0.278. The van der Waals surface area contributed by atoms with Crippen LogP contribution in [0.4, 0.5) is 5.69 Å². The minimum absolute atomic E-state index is 0.0223. The molecule has 0 saturated carbocycles. The lowest BCUT2D eigenvalue weighted by atomic mass is 10.1. The molecule has 0 aliphatic carbocycles. The van der Waals surface area contributed by atoms with Gasteiger partial charge in [-0.15, -0.1) is 0 Å². The predicted molar refractivity (Wildman–Crippen MR) is 107 cm³/mol. The summed E-state index contributed by atoms with van der Waals surface area (Å²) in [4.78, 5) is 14.4. The number of hydrogen-bond acceptors (Lipinski definition) is 3. The number of hydrogen-bond donors (Lipinski definition) is 1. The van der Waals surface area contributed by atoms with Crippen LogP contribution >= 0.6 is 43.5 Å². The molecule has 3 rings (SSSR count). The van der Waals surface area contributed by atoms with Crippen LogP contribution < -0.4 is 5.32 Å². The molecule has 132 valence electrons. The van der Waals surface area contributed by atoms with Crippen molar-refractivity contribution in [3.8, 4) is 0 Å². The highest BCUT2D eigenvalue weighted by Gasteiger charge is 2.23.